The molecule has 1 amide bonds. The predicted molar refractivity (Wildman–Crippen MR) is 164 cm³/mol. The Bertz CT molecular complexity index is 1630. The Morgan fingerprint density at radius 2 is 1.59 bits per heavy atom. The number of carboxylic acids is 1. The second kappa shape index (κ2) is 10.7. The molecule has 0 fully saturated rings. The van der Waals surface area contributed by atoms with Crippen molar-refractivity contribution in [3.05, 3.63) is 88.1 Å². The summed E-state index contributed by atoms with van der Waals surface area (Å²) in [4.78, 5) is 28.6. The monoisotopic (exact) mass is 553 g/mol. The Hall–Kier alpha value is -4.10. The normalized spacial score (nSPS) is 13.9. The van der Waals surface area contributed by atoms with E-state index < -0.39 is 17.7 Å². The molecule has 0 aliphatic carbocycles. The highest BCUT2D eigenvalue weighted by molar-refractivity contribution is 6.11. The van der Waals surface area contributed by atoms with E-state index in [4.69, 9.17) is 4.74 Å². The van der Waals surface area contributed by atoms with E-state index >= 15 is 0 Å². The van der Waals surface area contributed by atoms with Crippen LogP contribution in [0.15, 0.2) is 54.6 Å². The fourth-order valence-corrected chi connectivity index (χ4v) is 5.81. The summed E-state index contributed by atoms with van der Waals surface area (Å²) in [5, 5.41) is 14.4. The number of anilines is 1. The van der Waals surface area contributed by atoms with Crippen molar-refractivity contribution in [1.29, 1.82) is 0 Å². The minimum Gasteiger partial charge on any atom is -0.479 e. The average Bonchev–Trinajstić information content (AvgIpc) is 3.29. The highest BCUT2D eigenvalue weighted by Crippen LogP contribution is 2.47. The van der Waals surface area contributed by atoms with Gasteiger partial charge in [0.2, 0.25) is 0 Å². The molecule has 3 aromatic carbocycles. The summed E-state index contributed by atoms with van der Waals surface area (Å²) in [5.74, 6) is -1.20. The topological polar surface area (TPSA) is 83.8 Å². The molecule has 0 unspecified atom stereocenters. The van der Waals surface area contributed by atoms with Gasteiger partial charge < -0.3 is 24.6 Å². The van der Waals surface area contributed by atoms with Crippen LogP contribution in [0, 0.1) is 20.8 Å². The highest BCUT2D eigenvalue weighted by Gasteiger charge is 2.36. The van der Waals surface area contributed by atoms with Crippen LogP contribution >= 0.6 is 0 Å². The number of aliphatic carboxylic acids is 1. The van der Waals surface area contributed by atoms with Crippen LogP contribution in [0.25, 0.3) is 22.0 Å². The zero-order chi connectivity index (χ0) is 29.6. The standard InChI is InChI=1S/C34H39N3O4/c1-20-8-12-23(13-9-20)19-35-32(38)26-18-25-28(24-14-10-21(2)11-15-24)27(31(33(39)40)41-34(4,5)6)22(3)29-30(25)37(26)17-16-36(29)7/h8-15,18,31H,16-17,19H2,1-7H3,(H,35,38)(H,39,40)/t31-/m0/s1. The summed E-state index contributed by atoms with van der Waals surface area (Å²) < 4.78 is 8.32. The third-order valence-electron chi connectivity index (χ3n) is 7.76. The molecule has 4 aromatic rings. The van der Waals surface area contributed by atoms with Crippen LogP contribution in [0.5, 0.6) is 0 Å². The predicted octanol–water partition coefficient (Wildman–Crippen LogP) is 6.55. The summed E-state index contributed by atoms with van der Waals surface area (Å²) in [6.45, 7) is 13.4. The van der Waals surface area contributed by atoms with Crippen molar-refractivity contribution < 1.29 is 19.4 Å². The van der Waals surface area contributed by atoms with Gasteiger partial charge in [0.05, 0.1) is 16.8 Å². The van der Waals surface area contributed by atoms with Gasteiger partial charge in [0.25, 0.3) is 5.91 Å². The highest BCUT2D eigenvalue weighted by atomic mass is 16.5. The molecule has 1 aromatic heterocycles. The van der Waals surface area contributed by atoms with Crippen LogP contribution in [0.1, 0.15) is 65.2 Å². The summed E-state index contributed by atoms with van der Waals surface area (Å²) in [6.07, 6.45) is -1.19. The van der Waals surface area contributed by atoms with Crippen molar-refractivity contribution in [2.75, 3.05) is 18.5 Å². The summed E-state index contributed by atoms with van der Waals surface area (Å²) in [7, 11) is 2.02. The Morgan fingerprint density at radius 1 is 0.976 bits per heavy atom. The van der Waals surface area contributed by atoms with Gasteiger partial charge in [0, 0.05) is 37.6 Å². The Morgan fingerprint density at radius 3 is 2.17 bits per heavy atom. The van der Waals surface area contributed by atoms with E-state index in [2.05, 4.69) is 14.8 Å². The van der Waals surface area contributed by atoms with Gasteiger partial charge in [0.1, 0.15) is 5.69 Å². The van der Waals surface area contributed by atoms with E-state index in [1.807, 2.05) is 103 Å². The van der Waals surface area contributed by atoms with Crippen LogP contribution in [0.3, 0.4) is 0 Å². The number of likely N-dealkylation sites (N-methyl/N-ethyl adjacent to an activating group) is 1. The first-order chi connectivity index (χ1) is 19.4. The van der Waals surface area contributed by atoms with Gasteiger partial charge in [-0.1, -0.05) is 59.7 Å². The molecule has 1 atom stereocenters. The number of hydrogen-bond acceptors (Lipinski definition) is 4. The van der Waals surface area contributed by atoms with Crippen molar-refractivity contribution >= 4 is 28.5 Å². The summed E-state index contributed by atoms with van der Waals surface area (Å²) in [5.41, 5.74) is 8.20. The van der Waals surface area contributed by atoms with E-state index in [0.29, 0.717) is 30.9 Å². The van der Waals surface area contributed by atoms with Gasteiger partial charge in [0.15, 0.2) is 6.10 Å². The van der Waals surface area contributed by atoms with E-state index in [1.54, 1.807) is 0 Å². The van der Waals surface area contributed by atoms with E-state index in [-0.39, 0.29) is 5.91 Å². The van der Waals surface area contributed by atoms with Crippen LogP contribution < -0.4 is 10.2 Å². The van der Waals surface area contributed by atoms with Crippen LogP contribution in [-0.4, -0.2) is 40.7 Å². The lowest BCUT2D eigenvalue weighted by atomic mass is 9.87. The smallest absolute Gasteiger partial charge is 0.337 e. The Labute approximate surface area is 241 Å². The van der Waals surface area contributed by atoms with Crippen LogP contribution in [0.2, 0.25) is 0 Å². The second-order valence-corrected chi connectivity index (χ2v) is 12.1. The molecule has 214 valence electrons. The fourth-order valence-electron chi connectivity index (χ4n) is 5.81. The van der Waals surface area contributed by atoms with E-state index in [9.17, 15) is 14.7 Å². The van der Waals surface area contributed by atoms with Crippen molar-refractivity contribution in [3.63, 3.8) is 0 Å². The molecular weight excluding hydrogens is 514 g/mol. The summed E-state index contributed by atoms with van der Waals surface area (Å²) in [6, 6.07) is 18.1. The van der Waals surface area contributed by atoms with E-state index in [0.717, 1.165) is 44.4 Å². The zero-order valence-electron chi connectivity index (χ0n) is 25.0. The number of ether oxygens (including phenoxy) is 1. The van der Waals surface area contributed by atoms with E-state index in [1.165, 1.54) is 5.56 Å². The number of benzene rings is 3. The van der Waals surface area contributed by atoms with Crippen molar-refractivity contribution in [3.8, 4) is 11.1 Å². The van der Waals surface area contributed by atoms with Crippen LogP contribution in [-0.2, 0) is 22.6 Å². The number of nitrogens with zero attached hydrogens (tertiary/aromatic N) is 2. The Balaban J connectivity index is 1.75. The lowest BCUT2D eigenvalue weighted by Gasteiger charge is -2.34. The number of aryl methyl sites for hydroxylation is 2. The number of carbonyl (C=O) groups is 2. The number of hydrogen-bond donors (Lipinski definition) is 2. The van der Waals surface area contributed by atoms with Gasteiger partial charge in [-0.2, -0.15) is 0 Å². The molecule has 1 aliphatic rings. The molecule has 7 heteroatoms. The number of nitrogens with one attached hydrogen (secondary N) is 1. The molecule has 41 heavy (non-hydrogen) atoms. The lowest BCUT2D eigenvalue weighted by Crippen LogP contribution is -2.33. The molecule has 0 saturated heterocycles. The van der Waals surface area contributed by atoms with Crippen molar-refractivity contribution in [2.24, 2.45) is 0 Å². The maximum Gasteiger partial charge on any atom is 0.337 e. The molecule has 2 N–H and O–H groups in total. The molecule has 1 aliphatic heterocycles. The molecule has 2 heterocycles. The first-order valence-electron chi connectivity index (χ1n) is 14.1. The zero-order valence-corrected chi connectivity index (χ0v) is 25.0. The molecule has 7 nitrogen and oxygen atoms in total. The van der Waals surface area contributed by atoms with Gasteiger partial charge in [-0.3, -0.25) is 4.79 Å². The first kappa shape index (κ1) is 28.4. The number of carboxylic acid groups (broad SMARTS) is 1. The Kier molecular flexibility index (Phi) is 7.43. The molecule has 0 spiro atoms. The number of rotatable bonds is 7. The number of carbonyl (C=O) groups excluding carboxylic acids is 1. The molecule has 0 bridgehead atoms. The number of amides is 1. The lowest BCUT2D eigenvalue weighted by molar-refractivity contribution is -0.160. The molecular formula is C34H39N3O4. The van der Waals surface area contributed by atoms with Gasteiger partial charge in [-0.15, -0.1) is 0 Å². The summed E-state index contributed by atoms with van der Waals surface area (Å²) >= 11 is 0. The first-order valence-corrected chi connectivity index (χ1v) is 14.1. The maximum atomic E-state index is 13.7. The van der Waals surface area contributed by atoms with Crippen molar-refractivity contribution in [2.45, 2.75) is 66.3 Å². The average molecular weight is 554 g/mol. The third-order valence-corrected chi connectivity index (χ3v) is 7.76. The third kappa shape index (κ3) is 5.46. The minimum atomic E-state index is -1.19. The van der Waals surface area contributed by atoms with Crippen LogP contribution in [0.4, 0.5) is 5.69 Å². The van der Waals surface area contributed by atoms with Gasteiger partial charge >= 0.3 is 5.97 Å². The fraction of sp³-hybridized carbons (Fsp3) is 0.353. The number of aromatic nitrogens is 1. The molecule has 5 rings (SSSR count). The SMILES string of the molecule is Cc1ccc(CNC(=O)c2cc3c(-c4ccc(C)cc4)c([C@H](OC(C)(C)C)C(=O)O)c(C)c4c3n2CCN4C)cc1. The molecule has 0 radical (unpaired) electrons. The largest absolute Gasteiger partial charge is 0.479 e. The maximum absolute atomic E-state index is 13.7. The quantitative estimate of drug-likeness (QED) is 0.271. The van der Waals surface area contributed by atoms with Gasteiger partial charge in [-0.25, -0.2) is 4.79 Å². The second-order valence-electron chi connectivity index (χ2n) is 12.1. The van der Waals surface area contributed by atoms with Gasteiger partial charge in [-0.05, 0) is 69.9 Å². The molecule has 0 saturated carbocycles. The minimum absolute atomic E-state index is 0.160. The van der Waals surface area contributed by atoms with Crippen molar-refractivity contribution in [1.82, 2.24) is 9.88 Å².